The lowest BCUT2D eigenvalue weighted by molar-refractivity contribution is -0.134. The van der Waals surface area contributed by atoms with Crippen LogP contribution in [0.4, 0.5) is 4.79 Å². The molecule has 5 amide bonds. The molecule has 166 valence electrons. The fourth-order valence-corrected chi connectivity index (χ4v) is 4.11. The third kappa shape index (κ3) is 4.56. The van der Waals surface area contributed by atoms with Gasteiger partial charge in [-0.05, 0) is 37.3 Å². The normalized spacial score (nSPS) is 22.1. The zero-order valence-electron chi connectivity index (χ0n) is 17.4. The summed E-state index contributed by atoms with van der Waals surface area (Å²) in [6.45, 7) is -0.260. The molecule has 4 N–H and O–H groups in total. The van der Waals surface area contributed by atoms with E-state index in [-0.39, 0.29) is 24.3 Å². The van der Waals surface area contributed by atoms with E-state index >= 15 is 0 Å². The predicted molar refractivity (Wildman–Crippen MR) is 115 cm³/mol. The Morgan fingerprint density at radius 1 is 0.969 bits per heavy atom. The second kappa shape index (κ2) is 9.09. The van der Waals surface area contributed by atoms with Crippen molar-refractivity contribution < 1.29 is 23.9 Å². The molecule has 0 unspecified atom stereocenters. The number of carbonyl (C=O) groups is 4. The van der Waals surface area contributed by atoms with Crippen molar-refractivity contribution in [1.82, 2.24) is 21.5 Å². The third-order valence-corrected chi connectivity index (χ3v) is 5.88. The Bertz CT molecular complexity index is 1030. The van der Waals surface area contributed by atoms with E-state index in [0.717, 1.165) is 11.1 Å². The Morgan fingerprint density at radius 2 is 1.66 bits per heavy atom. The standard InChI is InChI=1S/C23H24N4O5/c28-19(14-32-18-9-5-4-8-17(18)15-6-2-1-3-7-15)26-27-20(29)16-10-12-23(13-11-16)21(30)24-22(31)25-23/h1-9,16H,10-14H2,(H,26,28)(H,27,29)(H2,24,25,30,31). The van der Waals surface area contributed by atoms with Crippen LogP contribution < -0.4 is 26.2 Å². The summed E-state index contributed by atoms with van der Waals surface area (Å²) in [5.41, 5.74) is 5.72. The van der Waals surface area contributed by atoms with Crippen LogP contribution in [-0.2, 0) is 14.4 Å². The van der Waals surface area contributed by atoms with E-state index in [1.807, 2.05) is 48.5 Å². The summed E-state index contributed by atoms with van der Waals surface area (Å²) in [6.07, 6.45) is 1.60. The first kappa shape index (κ1) is 21.4. The van der Waals surface area contributed by atoms with Crippen LogP contribution in [0.1, 0.15) is 25.7 Å². The minimum Gasteiger partial charge on any atom is -0.483 e. The molecule has 4 rings (SSSR count). The van der Waals surface area contributed by atoms with Gasteiger partial charge in [0.15, 0.2) is 6.61 Å². The first-order valence-corrected chi connectivity index (χ1v) is 10.5. The Morgan fingerprint density at radius 3 is 2.34 bits per heavy atom. The number of amides is 5. The molecular weight excluding hydrogens is 412 g/mol. The fourth-order valence-electron chi connectivity index (χ4n) is 4.11. The molecule has 0 bridgehead atoms. The molecule has 9 nitrogen and oxygen atoms in total. The average molecular weight is 436 g/mol. The van der Waals surface area contributed by atoms with Crippen LogP contribution in [0, 0.1) is 5.92 Å². The summed E-state index contributed by atoms with van der Waals surface area (Å²) >= 11 is 0. The van der Waals surface area contributed by atoms with E-state index in [2.05, 4.69) is 21.5 Å². The number of hydrazine groups is 1. The van der Waals surface area contributed by atoms with E-state index in [4.69, 9.17) is 4.74 Å². The molecule has 2 aromatic carbocycles. The van der Waals surface area contributed by atoms with Gasteiger partial charge in [0, 0.05) is 11.5 Å². The molecule has 0 radical (unpaired) electrons. The molecule has 2 aliphatic rings. The second-order valence-corrected chi connectivity index (χ2v) is 7.95. The largest absolute Gasteiger partial charge is 0.483 e. The summed E-state index contributed by atoms with van der Waals surface area (Å²) < 4.78 is 5.67. The van der Waals surface area contributed by atoms with Crippen molar-refractivity contribution in [3.63, 3.8) is 0 Å². The molecule has 2 fully saturated rings. The molecular formula is C23H24N4O5. The smallest absolute Gasteiger partial charge is 0.322 e. The van der Waals surface area contributed by atoms with Gasteiger partial charge in [0.1, 0.15) is 11.3 Å². The minimum atomic E-state index is -0.920. The lowest BCUT2D eigenvalue weighted by Gasteiger charge is -2.33. The number of ether oxygens (including phenoxy) is 1. The SMILES string of the molecule is O=C(COc1ccccc1-c1ccccc1)NNC(=O)C1CCC2(CC1)NC(=O)NC2=O. The van der Waals surface area contributed by atoms with E-state index in [9.17, 15) is 19.2 Å². The number of carbonyl (C=O) groups excluding carboxylic acids is 4. The van der Waals surface area contributed by atoms with E-state index in [1.165, 1.54) is 0 Å². The third-order valence-electron chi connectivity index (χ3n) is 5.88. The van der Waals surface area contributed by atoms with Crippen LogP contribution in [0.3, 0.4) is 0 Å². The monoisotopic (exact) mass is 436 g/mol. The Kier molecular flexibility index (Phi) is 6.07. The van der Waals surface area contributed by atoms with Gasteiger partial charge in [-0.2, -0.15) is 0 Å². The molecule has 1 heterocycles. The first-order valence-electron chi connectivity index (χ1n) is 10.5. The van der Waals surface area contributed by atoms with Crippen LogP contribution in [0.2, 0.25) is 0 Å². The fraction of sp³-hybridized carbons (Fsp3) is 0.304. The molecule has 0 atom stereocenters. The zero-order chi connectivity index (χ0) is 22.6. The Balaban J connectivity index is 1.25. The lowest BCUT2D eigenvalue weighted by atomic mass is 9.76. The second-order valence-electron chi connectivity index (χ2n) is 7.95. The van der Waals surface area contributed by atoms with Crippen LogP contribution in [-0.4, -0.2) is 35.9 Å². The van der Waals surface area contributed by atoms with Crippen LogP contribution in [0.25, 0.3) is 11.1 Å². The van der Waals surface area contributed by atoms with Gasteiger partial charge in [0.2, 0.25) is 5.91 Å². The highest BCUT2D eigenvalue weighted by atomic mass is 16.5. The summed E-state index contributed by atoms with van der Waals surface area (Å²) in [4.78, 5) is 48.0. The number of imide groups is 1. The maximum absolute atomic E-state index is 12.4. The Labute approximate surface area is 184 Å². The molecule has 9 heteroatoms. The number of hydrogen-bond donors (Lipinski definition) is 4. The molecule has 0 aromatic heterocycles. The van der Waals surface area contributed by atoms with Crippen molar-refractivity contribution in [2.24, 2.45) is 5.92 Å². The van der Waals surface area contributed by atoms with Gasteiger partial charge in [-0.15, -0.1) is 0 Å². The van der Waals surface area contributed by atoms with Gasteiger partial charge in [0.05, 0.1) is 0 Å². The van der Waals surface area contributed by atoms with E-state index < -0.39 is 17.5 Å². The summed E-state index contributed by atoms with van der Waals surface area (Å²) in [5.74, 6) is -0.957. The van der Waals surface area contributed by atoms with Gasteiger partial charge < -0.3 is 10.1 Å². The molecule has 1 aliphatic carbocycles. The number of nitrogens with one attached hydrogen (secondary N) is 4. The van der Waals surface area contributed by atoms with Gasteiger partial charge in [-0.3, -0.25) is 30.6 Å². The molecule has 32 heavy (non-hydrogen) atoms. The molecule has 1 spiro atoms. The van der Waals surface area contributed by atoms with Crippen LogP contribution >= 0.6 is 0 Å². The van der Waals surface area contributed by atoms with Crippen LogP contribution in [0.5, 0.6) is 5.75 Å². The highest BCUT2D eigenvalue weighted by Gasteiger charge is 2.48. The topological polar surface area (TPSA) is 126 Å². The van der Waals surface area contributed by atoms with Crippen molar-refractivity contribution in [1.29, 1.82) is 0 Å². The summed E-state index contributed by atoms with van der Waals surface area (Å²) in [6, 6.07) is 16.6. The molecule has 1 aliphatic heterocycles. The number of para-hydroxylation sites is 1. The zero-order valence-corrected chi connectivity index (χ0v) is 17.4. The average Bonchev–Trinajstić information content (AvgIpc) is 3.09. The maximum atomic E-state index is 12.4. The maximum Gasteiger partial charge on any atom is 0.322 e. The van der Waals surface area contributed by atoms with Gasteiger partial charge in [-0.25, -0.2) is 4.79 Å². The molecule has 1 saturated heterocycles. The number of rotatable bonds is 5. The first-order chi connectivity index (χ1) is 15.5. The Hall–Kier alpha value is -3.88. The van der Waals surface area contributed by atoms with Gasteiger partial charge in [0.25, 0.3) is 11.8 Å². The highest BCUT2D eigenvalue weighted by Crippen LogP contribution is 2.34. The van der Waals surface area contributed by atoms with Gasteiger partial charge in [-0.1, -0.05) is 48.5 Å². The number of urea groups is 1. The summed E-state index contributed by atoms with van der Waals surface area (Å²) in [7, 11) is 0. The van der Waals surface area contributed by atoms with E-state index in [1.54, 1.807) is 6.07 Å². The van der Waals surface area contributed by atoms with Crippen LogP contribution in [0.15, 0.2) is 54.6 Å². The molecule has 2 aromatic rings. The minimum absolute atomic E-state index is 0.260. The number of hydrogen-bond acceptors (Lipinski definition) is 5. The predicted octanol–water partition coefficient (Wildman–Crippen LogP) is 1.65. The van der Waals surface area contributed by atoms with Crippen molar-refractivity contribution in [3.8, 4) is 16.9 Å². The quantitative estimate of drug-likeness (QED) is 0.419. The van der Waals surface area contributed by atoms with Crippen molar-refractivity contribution in [3.05, 3.63) is 54.6 Å². The van der Waals surface area contributed by atoms with Crippen molar-refractivity contribution in [2.75, 3.05) is 6.61 Å². The number of benzene rings is 2. The molecule has 1 saturated carbocycles. The van der Waals surface area contributed by atoms with Crippen molar-refractivity contribution in [2.45, 2.75) is 31.2 Å². The van der Waals surface area contributed by atoms with E-state index in [0.29, 0.717) is 31.4 Å². The highest BCUT2D eigenvalue weighted by molar-refractivity contribution is 6.07. The van der Waals surface area contributed by atoms with Gasteiger partial charge >= 0.3 is 6.03 Å². The van der Waals surface area contributed by atoms with Crippen molar-refractivity contribution >= 4 is 23.8 Å². The summed E-state index contributed by atoms with van der Waals surface area (Å²) in [5, 5.41) is 4.90. The lowest BCUT2D eigenvalue weighted by Crippen LogP contribution is -2.52.